The van der Waals surface area contributed by atoms with Gasteiger partial charge in [0.2, 0.25) is 0 Å². The fraction of sp³-hybridized carbons (Fsp3) is 0.735. The molecule has 0 aromatic carbocycles. The molecule has 4 aliphatic rings. The summed E-state index contributed by atoms with van der Waals surface area (Å²) in [5.74, 6) is 3.23. The lowest BCUT2D eigenvalue weighted by Crippen LogP contribution is -2.66. The highest BCUT2D eigenvalue weighted by atomic mass is 35.5. The zero-order valence-corrected chi connectivity index (χ0v) is 28.0. The van der Waals surface area contributed by atoms with Crippen LogP contribution in [-0.4, -0.2) is 101 Å². The van der Waals surface area contributed by atoms with Gasteiger partial charge in [0.25, 0.3) is 0 Å². The molecule has 0 radical (unpaired) electrons. The normalized spacial score (nSPS) is 46.0. The first kappa shape index (κ1) is 36.1. The van der Waals surface area contributed by atoms with E-state index in [2.05, 4.69) is 11.8 Å². The molecule has 3 N–H and O–H groups in total. The van der Waals surface area contributed by atoms with Gasteiger partial charge >= 0.3 is 5.97 Å². The third-order valence-electron chi connectivity index (χ3n) is 9.34. The van der Waals surface area contributed by atoms with Gasteiger partial charge < -0.3 is 43.7 Å². The van der Waals surface area contributed by atoms with Crippen LogP contribution in [0.2, 0.25) is 0 Å². The summed E-state index contributed by atoms with van der Waals surface area (Å²) in [5, 5.41) is 33.6. The van der Waals surface area contributed by atoms with E-state index in [-0.39, 0.29) is 35.7 Å². The van der Waals surface area contributed by atoms with Crippen molar-refractivity contribution in [1.29, 1.82) is 0 Å². The summed E-state index contributed by atoms with van der Waals surface area (Å²) in [6.45, 7) is 8.98. The molecule has 3 fully saturated rings. The van der Waals surface area contributed by atoms with Crippen LogP contribution in [0, 0.1) is 29.6 Å². The second kappa shape index (κ2) is 15.0. The van der Waals surface area contributed by atoms with Gasteiger partial charge in [0, 0.05) is 50.2 Å². The van der Waals surface area contributed by atoms with E-state index in [4.69, 9.17) is 40.0 Å². The predicted molar refractivity (Wildman–Crippen MR) is 167 cm³/mol. The molecule has 3 aliphatic heterocycles. The van der Waals surface area contributed by atoms with Crippen LogP contribution in [0.5, 0.6) is 0 Å². The van der Waals surface area contributed by atoms with Crippen molar-refractivity contribution in [2.75, 3.05) is 14.2 Å². The third-order valence-corrected chi connectivity index (χ3v) is 9.82. The molecule has 0 aromatic rings. The van der Waals surface area contributed by atoms with Crippen molar-refractivity contribution in [3.63, 3.8) is 0 Å². The molecule has 10 nitrogen and oxygen atoms in total. The fourth-order valence-electron chi connectivity index (χ4n) is 6.53. The van der Waals surface area contributed by atoms with Gasteiger partial charge in [0.05, 0.1) is 30.8 Å². The molecule has 3 heterocycles. The molecule has 0 aromatic heterocycles. The van der Waals surface area contributed by atoms with E-state index in [0.29, 0.717) is 6.42 Å². The van der Waals surface area contributed by atoms with Crippen molar-refractivity contribution < 1.29 is 48.5 Å². The maximum atomic E-state index is 13.3. The molecule has 45 heavy (non-hydrogen) atoms. The van der Waals surface area contributed by atoms with Crippen LogP contribution in [-0.2, 0) is 33.2 Å². The van der Waals surface area contributed by atoms with Crippen molar-refractivity contribution in [2.45, 2.75) is 126 Å². The number of allylic oxidation sites excluding steroid dienone is 3. The Morgan fingerprint density at radius 3 is 2.49 bits per heavy atom. The molecule has 1 aliphatic carbocycles. The molecule has 2 bridgehead atoms. The van der Waals surface area contributed by atoms with Gasteiger partial charge in [-0.2, -0.15) is 0 Å². The first-order valence-electron chi connectivity index (χ1n) is 15.7. The smallest absolute Gasteiger partial charge is 0.311 e. The number of aliphatic hydroxyl groups excluding tert-OH is 1. The van der Waals surface area contributed by atoms with Crippen molar-refractivity contribution in [2.24, 2.45) is 17.8 Å². The number of carbonyl (C=O) groups is 1. The number of ether oxygens (including phenoxy) is 6. The minimum atomic E-state index is -1.92. The number of carbonyl (C=O) groups excluding carboxylic acids is 1. The lowest BCUT2D eigenvalue weighted by molar-refractivity contribution is -0.362. The molecule has 0 amide bonds. The number of fused-ring (bicyclic) bond motifs is 2. The highest BCUT2D eigenvalue weighted by Crippen LogP contribution is 2.42. The van der Waals surface area contributed by atoms with Crippen LogP contribution in [0.3, 0.4) is 0 Å². The standard InChI is InChI=1S/C34H49ClO10/c1-19-14-24(13-11-9-8-10-12-23-16-25(23)35)43-28(36)18-34(39)17-27(21(3)29(45-34)20(2)26(15-19)40-6)44-32-31(41-7)33(5,38)30(37)22(4)42-32/h8-9,11,13,15,20-27,29-32,37-39H,14,16-18H2,1-7H3. The third kappa shape index (κ3) is 8.78. The van der Waals surface area contributed by atoms with Gasteiger partial charge in [-0.25, -0.2) is 0 Å². The average molecular weight is 653 g/mol. The van der Waals surface area contributed by atoms with E-state index < -0.39 is 66.7 Å². The number of methoxy groups -OCH3 is 2. The molecule has 1 saturated carbocycles. The summed E-state index contributed by atoms with van der Waals surface area (Å²) in [5.41, 5.74) is -0.699. The second-order valence-electron chi connectivity index (χ2n) is 13.2. The fourth-order valence-corrected chi connectivity index (χ4v) is 6.78. The van der Waals surface area contributed by atoms with Crippen LogP contribution >= 0.6 is 11.6 Å². The first-order chi connectivity index (χ1) is 21.2. The minimum absolute atomic E-state index is 0.0690. The molecule has 252 valence electrons. The molecular weight excluding hydrogens is 604 g/mol. The van der Waals surface area contributed by atoms with E-state index in [9.17, 15) is 20.1 Å². The highest BCUT2D eigenvalue weighted by molar-refractivity contribution is 6.22. The van der Waals surface area contributed by atoms with Crippen molar-refractivity contribution in [3.8, 4) is 11.8 Å². The number of cyclic esters (lactones) is 1. The van der Waals surface area contributed by atoms with E-state index in [1.54, 1.807) is 38.3 Å². The van der Waals surface area contributed by atoms with Gasteiger partial charge in [0.1, 0.15) is 23.9 Å². The van der Waals surface area contributed by atoms with Gasteiger partial charge in [-0.05, 0) is 39.3 Å². The largest absolute Gasteiger partial charge is 0.458 e. The van der Waals surface area contributed by atoms with Crippen molar-refractivity contribution in [1.82, 2.24) is 0 Å². The Morgan fingerprint density at radius 2 is 1.84 bits per heavy atom. The monoisotopic (exact) mass is 652 g/mol. The quantitative estimate of drug-likeness (QED) is 0.129. The highest BCUT2D eigenvalue weighted by Gasteiger charge is 2.55. The number of rotatable bonds is 6. The SMILES string of the molecule is COC1C=C(C)CC(C=CC=CC#CC2CC2Cl)OC(=O)CC2(O)CC(OC3OC(C)C(O)C(C)(O)C3OC)C(C)C(O2)C1C. The maximum Gasteiger partial charge on any atom is 0.311 e. The summed E-state index contributed by atoms with van der Waals surface area (Å²) in [7, 11) is 3.02. The summed E-state index contributed by atoms with van der Waals surface area (Å²) in [6, 6.07) is 0. The Hall–Kier alpha value is -1.78. The molecule has 0 spiro atoms. The lowest BCUT2D eigenvalue weighted by Gasteiger charge is -2.51. The Labute approximate surface area is 271 Å². The Kier molecular flexibility index (Phi) is 12.0. The van der Waals surface area contributed by atoms with Crippen LogP contribution in [0.4, 0.5) is 0 Å². The number of aliphatic hydroxyl groups is 3. The summed E-state index contributed by atoms with van der Waals surface area (Å²) in [6.07, 6.45) is 3.64. The second-order valence-corrected chi connectivity index (χ2v) is 13.7. The summed E-state index contributed by atoms with van der Waals surface area (Å²) < 4.78 is 35.9. The van der Waals surface area contributed by atoms with Gasteiger partial charge in [-0.3, -0.25) is 4.79 Å². The lowest BCUT2D eigenvalue weighted by atomic mass is 9.79. The maximum absolute atomic E-state index is 13.3. The zero-order chi connectivity index (χ0) is 33.1. The molecule has 4 rings (SSSR count). The molecule has 11 heteroatoms. The number of halogens is 1. The van der Waals surface area contributed by atoms with Crippen LogP contribution < -0.4 is 0 Å². The van der Waals surface area contributed by atoms with E-state index in [1.165, 1.54) is 14.0 Å². The number of hydrogen-bond donors (Lipinski definition) is 3. The Bertz CT molecular complexity index is 1190. The topological polar surface area (TPSA) is 133 Å². The number of esters is 1. The zero-order valence-electron chi connectivity index (χ0n) is 27.2. The van der Waals surface area contributed by atoms with E-state index in [1.807, 2.05) is 26.8 Å². The minimum Gasteiger partial charge on any atom is -0.458 e. The van der Waals surface area contributed by atoms with E-state index in [0.717, 1.165) is 12.0 Å². The molecule has 14 atom stereocenters. The number of hydrogen-bond acceptors (Lipinski definition) is 10. The Morgan fingerprint density at radius 1 is 1.13 bits per heavy atom. The molecular formula is C34H49ClO10. The molecule has 2 saturated heterocycles. The van der Waals surface area contributed by atoms with Crippen LogP contribution in [0.25, 0.3) is 0 Å². The summed E-state index contributed by atoms with van der Waals surface area (Å²) >= 11 is 5.99. The van der Waals surface area contributed by atoms with Gasteiger partial charge in [0.15, 0.2) is 12.1 Å². The van der Waals surface area contributed by atoms with Gasteiger partial charge in [-0.15, -0.1) is 11.6 Å². The van der Waals surface area contributed by atoms with Gasteiger partial charge in [-0.1, -0.05) is 49.5 Å². The number of alkyl halides is 1. The predicted octanol–water partition coefficient (Wildman–Crippen LogP) is 3.40. The van der Waals surface area contributed by atoms with Crippen molar-refractivity contribution in [3.05, 3.63) is 36.0 Å². The van der Waals surface area contributed by atoms with Crippen LogP contribution in [0.1, 0.15) is 60.3 Å². The first-order valence-corrected chi connectivity index (χ1v) is 16.1. The van der Waals surface area contributed by atoms with E-state index >= 15 is 0 Å². The Balaban J connectivity index is 1.58. The average Bonchev–Trinajstić information content (AvgIpc) is 3.67. The summed E-state index contributed by atoms with van der Waals surface area (Å²) in [4.78, 5) is 13.3. The van der Waals surface area contributed by atoms with Crippen molar-refractivity contribution >= 4 is 17.6 Å². The molecule has 14 unspecified atom stereocenters. The van der Waals surface area contributed by atoms with Crippen LogP contribution in [0.15, 0.2) is 36.0 Å².